The maximum Gasteiger partial charge on any atom is 0.235 e. The van der Waals surface area contributed by atoms with Gasteiger partial charge in [-0.1, -0.05) is 48.9 Å². The molecule has 166 valence electrons. The molecule has 1 unspecified atom stereocenters. The molecule has 1 aromatic carbocycles. The zero-order valence-corrected chi connectivity index (χ0v) is 20.3. The van der Waals surface area contributed by atoms with Gasteiger partial charge in [-0.2, -0.15) is 5.26 Å². The molecule has 2 aromatic heterocycles. The molecule has 1 amide bonds. The van der Waals surface area contributed by atoms with Crippen LogP contribution in [0.5, 0.6) is 0 Å². The third-order valence-corrected chi connectivity index (χ3v) is 8.09. The maximum absolute atomic E-state index is 12.7. The molecule has 0 aliphatic heterocycles. The first-order valence-corrected chi connectivity index (χ1v) is 12.8. The van der Waals surface area contributed by atoms with Gasteiger partial charge in [-0.25, -0.2) is 0 Å². The molecule has 0 bridgehead atoms. The number of nitrogens with one attached hydrogen (secondary N) is 1. The zero-order chi connectivity index (χ0) is 22.7. The van der Waals surface area contributed by atoms with Crippen LogP contribution in [0.3, 0.4) is 0 Å². The van der Waals surface area contributed by atoms with Gasteiger partial charge in [-0.15, -0.1) is 21.5 Å². The van der Waals surface area contributed by atoms with Crippen molar-refractivity contribution in [2.24, 2.45) is 5.92 Å². The number of hydrogen-bond acceptors (Lipinski definition) is 6. The molecule has 3 aromatic rings. The van der Waals surface area contributed by atoms with Crippen LogP contribution in [0, 0.1) is 24.2 Å². The highest BCUT2D eigenvalue weighted by molar-refractivity contribution is 7.99. The average molecular weight is 466 g/mol. The molecule has 0 spiro atoms. The predicted molar refractivity (Wildman–Crippen MR) is 130 cm³/mol. The number of carbonyl (C=O) groups is 1. The lowest BCUT2D eigenvalue weighted by atomic mass is 9.86. The van der Waals surface area contributed by atoms with Crippen LogP contribution in [0.2, 0.25) is 0 Å². The number of nitrogens with zero attached hydrogens (tertiary/aromatic N) is 4. The molecule has 0 saturated heterocycles. The second-order valence-corrected chi connectivity index (χ2v) is 10.1. The molecular weight excluding hydrogens is 438 g/mol. The molecule has 32 heavy (non-hydrogen) atoms. The van der Waals surface area contributed by atoms with E-state index in [1.54, 1.807) is 11.3 Å². The van der Waals surface area contributed by atoms with Crippen molar-refractivity contribution >= 4 is 34.0 Å². The number of aryl methyl sites for hydroxylation is 1. The summed E-state index contributed by atoms with van der Waals surface area (Å²) in [6, 6.07) is 10.5. The SMILES string of the molecule is CCC1CCc2c(sc(NC(=O)CSc3nnc(-c4cccc(C)c4)n3CC)c2C#N)C1. The molecule has 8 heteroatoms. The number of anilines is 1. The highest BCUT2D eigenvalue weighted by Crippen LogP contribution is 2.40. The van der Waals surface area contributed by atoms with E-state index < -0.39 is 0 Å². The van der Waals surface area contributed by atoms with Gasteiger partial charge in [0.05, 0.1) is 11.3 Å². The van der Waals surface area contributed by atoms with E-state index in [9.17, 15) is 10.1 Å². The second-order valence-electron chi connectivity index (χ2n) is 8.09. The minimum Gasteiger partial charge on any atom is -0.316 e. The van der Waals surface area contributed by atoms with Crippen LogP contribution < -0.4 is 5.32 Å². The average Bonchev–Trinajstić information content (AvgIpc) is 3.37. The van der Waals surface area contributed by atoms with Crippen LogP contribution in [0.1, 0.15) is 48.3 Å². The predicted octanol–water partition coefficient (Wildman–Crippen LogP) is 5.45. The Morgan fingerprint density at radius 3 is 2.94 bits per heavy atom. The van der Waals surface area contributed by atoms with Crippen LogP contribution in [-0.4, -0.2) is 26.4 Å². The smallest absolute Gasteiger partial charge is 0.235 e. The van der Waals surface area contributed by atoms with Gasteiger partial charge in [-0.05, 0) is 50.7 Å². The minimum atomic E-state index is -0.125. The highest BCUT2D eigenvalue weighted by Gasteiger charge is 2.26. The number of carbonyl (C=O) groups excluding carboxylic acids is 1. The monoisotopic (exact) mass is 465 g/mol. The van der Waals surface area contributed by atoms with Crippen LogP contribution in [-0.2, 0) is 24.2 Å². The Morgan fingerprint density at radius 2 is 2.22 bits per heavy atom. The van der Waals surface area contributed by atoms with Crippen molar-refractivity contribution in [1.29, 1.82) is 5.26 Å². The van der Waals surface area contributed by atoms with Crippen molar-refractivity contribution in [3.8, 4) is 17.5 Å². The van der Waals surface area contributed by atoms with Gasteiger partial charge in [0.2, 0.25) is 5.91 Å². The first-order chi connectivity index (χ1) is 15.5. The number of amides is 1. The van der Waals surface area contributed by atoms with Gasteiger partial charge in [-0.3, -0.25) is 4.79 Å². The Kier molecular flexibility index (Phi) is 6.97. The third kappa shape index (κ3) is 4.59. The van der Waals surface area contributed by atoms with E-state index in [0.717, 1.165) is 54.3 Å². The van der Waals surface area contributed by atoms with E-state index in [1.807, 2.05) is 23.6 Å². The number of thioether (sulfide) groups is 1. The number of aromatic nitrogens is 3. The Labute approximate surface area is 197 Å². The summed E-state index contributed by atoms with van der Waals surface area (Å²) in [6.45, 7) is 7.03. The lowest BCUT2D eigenvalue weighted by Crippen LogP contribution is -2.15. The lowest BCUT2D eigenvalue weighted by Gasteiger charge is -2.20. The van der Waals surface area contributed by atoms with Crippen molar-refractivity contribution < 1.29 is 4.79 Å². The standard InChI is InChI=1S/C24H27N5OS2/c1-4-16-9-10-18-19(13-25)23(32-20(18)12-16)26-21(30)14-31-24-28-27-22(29(24)5-2)17-8-6-7-15(3)11-17/h6-8,11,16H,4-5,9-10,12,14H2,1-3H3,(H,26,30). The molecule has 2 heterocycles. The summed E-state index contributed by atoms with van der Waals surface area (Å²) in [6.07, 6.45) is 4.21. The van der Waals surface area contributed by atoms with Crippen molar-refractivity contribution in [1.82, 2.24) is 14.8 Å². The second kappa shape index (κ2) is 9.88. The fourth-order valence-electron chi connectivity index (χ4n) is 4.18. The van der Waals surface area contributed by atoms with Crippen LogP contribution >= 0.6 is 23.1 Å². The number of benzene rings is 1. The van der Waals surface area contributed by atoms with Crippen LogP contribution in [0.15, 0.2) is 29.4 Å². The van der Waals surface area contributed by atoms with E-state index in [-0.39, 0.29) is 11.7 Å². The highest BCUT2D eigenvalue weighted by atomic mass is 32.2. The number of thiophene rings is 1. The molecule has 1 atom stereocenters. The summed E-state index contributed by atoms with van der Waals surface area (Å²) in [5.41, 5.74) is 3.97. The van der Waals surface area contributed by atoms with Gasteiger partial charge < -0.3 is 9.88 Å². The number of fused-ring (bicyclic) bond motifs is 1. The first-order valence-electron chi connectivity index (χ1n) is 11.0. The van der Waals surface area contributed by atoms with Crippen molar-refractivity contribution in [2.75, 3.05) is 11.1 Å². The Morgan fingerprint density at radius 1 is 1.38 bits per heavy atom. The zero-order valence-electron chi connectivity index (χ0n) is 18.6. The number of hydrogen-bond donors (Lipinski definition) is 1. The minimum absolute atomic E-state index is 0.125. The normalized spacial score (nSPS) is 15.2. The van der Waals surface area contributed by atoms with Crippen molar-refractivity contribution in [3.63, 3.8) is 0 Å². The van der Waals surface area contributed by atoms with E-state index in [0.29, 0.717) is 16.5 Å². The fraction of sp³-hybridized carbons (Fsp3) is 0.417. The number of nitriles is 1. The Bertz CT molecular complexity index is 1170. The van der Waals surface area contributed by atoms with Crippen LogP contribution in [0.25, 0.3) is 11.4 Å². The van der Waals surface area contributed by atoms with Gasteiger partial charge in [0, 0.05) is 17.0 Å². The molecule has 1 aliphatic carbocycles. The molecule has 4 rings (SSSR count). The third-order valence-electron chi connectivity index (χ3n) is 5.95. The molecule has 0 saturated carbocycles. The molecule has 0 radical (unpaired) electrons. The summed E-state index contributed by atoms with van der Waals surface area (Å²) >= 11 is 2.94. The van der Waals surface area contributed by atoms with E-state index in [1.165, 1.54) is 22.2 Å². The van der Waals surface area contributed by atoms with Gasteiger partial charge in [0.1, 0.15) is 11.1 Å². The molecule has 1 aliphatic rings. The van der Waals surface area contributed by atoms with Crippen LogP contribution in [0.4, 0.5) is 5.00 Å². The van der Waals surface area contributed by atoms with Gasteiger partial charge >= 0.3 is 0 Å². The van der Waals surface area contributed by atoms with Crippen molar-refractivity contribution in [3.05, 3.63) is 45.8 Å². The Balaban J connectivity index is 1.45. The first kappa shape index (κ1) is 22.6. The van der Waals surface area contributed by atoms with Crippen molar-refractivity contribution in [2.45, 2.75) is 58.2 Å². The Hall–Kier alpha value is -2.63. The summed E-state index contributed by atoms with van der Waals surface area (Å²) in [5, 5.41) is 22.8. The van der Waals surface area contributed by atoms with E-state index in [4.69, 9.17) is 0 Å². The summed E-state index contributed by atoms with van der Waals surface area (Å²) in [5.74, 6) is 1.58. The van der Waals surface area contributed by atoms with E-state index in [2.05, 4.69) is 47.6 Å². The largest absolute Gasteiger partial charge is 0.316 e. The number of rotatable bonds is 7. The fourth-order valence-corrected chi connectivity index (χ4v) is 6.31. The molecule has 1 N–H and O–H groups in total. The van der Waals surface area contributed by atoms with E-state index >= 15 is 0 Å². The van der Waals surface area contributed by atoms with Gasteiger partial charge in [0.15, 0.2) is 11.0 Å². The lowest BCUT2D eigenvalue weighted by molar-refractivity contribution is -0.113. The quantitative estimate of drug-likeness (QED) is 0.469. The summed E-state index contributed by atoms with van der Waals surface area (Å²) in [4.78, 5) is 14.0. The topological polar surface area (TPSA) is 83.6 Å². The summed E-state index contributed by atoms with van der Waals surface area (Å²) < 4.78 is 2.03. The van der Waals surface area contributed by atoms with Gasteiger partial charge in [0.25, 0.3) is 0 Å². The molecular formula is C24H27N5OS2. The summed E-state index contributed by atoms with van der Waals surface area (Å²) in [7, 11) is 0. The molecule has 0 fully saturated rings. The maximum atomic E-state index is 12.7. The molecule has 6 nitrogen and oxygen atoms in total.